The molecule has 2 atom stereocenters. The number of aliphatic hydroxyl groups is 1. The van der Waals surface area contributed by atoms with E-state index < -0.39 is 17.1 Å². The standard InChI is InChI=1S/C8H15NO3/c1-7(12)4-2-3-5-8(7,9)6(10)11/h12H,2-5,9H2,1H3,(H,10,11)/t7-,8+/m0/s1. The van der Waals surface area contributed by atoms with E-state index in [1.54, 1.807) is 0 Å². The van der Waals surface area contributed by atoms with Crippen LogP contribution < -0.4 is 5.73 Å². The Morgan fingerprint density at radius 2 is 1.92 bits per heavy atom. The van der Waals surface area contributed by atoms with Gasteiger partial charge in [-0.1, -0.05) is 12.8 Å². The van der Waals surface area contributed by atoms with Gasteiger partial charge in [-0.3, -0.25) is 4.79 Å². The number of nitrogens with two attached hydrogens (primary N) is 1. The molecule has 0 bridgehead atoms. The summed E-state index contributed by atoms with van der Waals surface area (Å²) < 4.78 is 0. The molecule has 0 aromatic carbocycles. The maximum atomic E-state index is 10.8. The summed E-state index contributed by atoms with van der Waals surface area (Å²) in [5.74, 6) is -1.10. The third kappa shape index (κ3) is 1.21. The molecule has 0 aromatic heterocycles. The molecule has 0 aromatic rings. The summed E-state index contributed by atoms with van der Waals surface area (Å²) in [7, 11) is 0. The molecule has 4 nitrogen and oxygen atoms in total. The molecule has 0 saturated heterocycles. The Hall–Kier alpha value is -0.610. The fourth-order valence-corrected chi connectivity index (χ4v) is 1.70. The number of hydrogen-bond acceptors (Lipinski definition) is 3. The molecule has 1 saturated carbocycles. The summed E-state index contributed by atoms with van der Waals surface area (Å²) in [6.07, 6.45) is 2.45. The maximum absolute atomic E-state index is 10.8. The zero-order valence-electron chi connectivity index (χ0n) is 7.21. The van der Waals surface area contributed by atoms with Crippen LogP contribution >= 0.6 is 0 Å². The van der Waals surface area contributed by atoms with Gasteiger partial charge in [0.05, 0.1) is 5.60 Å². The van der Waals surface area contributed by atoms with E-state index in [0.717, 1.165) is 12.8 Å². The summed E-state index contributed by atoms with van der Waals surface area (Å²) in [6.45, 7) is 1.50. The van der Waals surface area contributed by atoms with Crippen LogP contribution in [0.3, 0.4) is 0 Å². The average molecular weight is 173 g/mol. The molecule has 0 aliphatic heterocycles. The SMILES string of the molecule is C[C@]1(O)CCCC[C@@]1(N)C(=O)O. The molecule has 1 aliphatic rings. The van der Waals surface area contributed by atoms with Crippen LogP contribution in [0.2, 0.25) is 0 Å². The zero-order valence-corrected chi connectivity index (χ0v) is 7.21. The Bertz CT molecular complexity index is 202. The molecule has 0 spiro atoms. The van der Waals surface area contributed by atoms with Crippen molar-refractivity contribution in [1.82, 2.24) is 0 Å². The lowest BCUT2D eigenvalue weighted by molar-refractivity contribution is -0.158. The smallest absolute Gasteiger partial charge is 0.326 e. The minimum absolute atomic E-state index is 0.356. The van der Waals surface area contributed by atoms with Crippen molar-refractivity contribution in [2.75, 3.05) is 0 Å². The molecular weight excluding hydrogens is 158 g/mol. The lowest BCUT2D eigenvalue weighted by Gasteiger charge is -2.42. The Labute approximate surface area is 71.4 Å². The summed E-state index contributed by atoms with van der Waals surface area (Å²) in [6, 6.07) is 0. The van der Waals surface area contributed by atoms with Gasteiger partial charge >= 0.3 is 5.97 Å². The second-order valence-electron chi connectivity index (χ2n) is 3.76. The first-order valence-electron chi connectivity index (χ1n) is 4.15. The van der Waals surface area contributed by atoms with Crippen LogP contribution in [-0.4, -0.2) is 27.3 Å². The van der Waals surface area contributed by atoms with E-state index in [0.29, 0.717) is 12.8 Å². The number of hydrogen-bond donors (Lipinski definition) is 3. The molecule has 4 N–H and O–H groups in total. The summed E-state index contributed by atoms with van der Waals surface area (Å²) in [5.41, 5.74) is 2.91. The van der Waals surface area contributed by atoms with E-state index in [1.807, 2.05) is 0 Å². The maximum Gasteiger partial charge on any atom is 0.326 e. The first kappa shape index (κ1) is 9.48. The molecule has 0 unspecified atom stereocenters. The number of carbonyl (C=O) groups is 1. The van der Waals surface area contributed by atoms with Crippen molar-refractivity contribution >= 4 is 5.97 Å². The molecule has 70 valence electrons. The Kier molecular flexibility index (Phi) is 2.14. The highest BCUT2D eigenvalue weighted by molar-refractivity contribution is 5.80. The van der Waals surface area contributed by atoms with Gasteiger partial charge in [-0.05, 0) is 19.8 Å². The highest BCUT2D eigenvalue weighted by Gasteiger charge is 2.51. The average Bonchev–Trinajstić information content (AvgIpc) is 1.95. The summed E-state index contributed by atoms with van der Waals surface area (Å²) >= 11 is 0. The highest BCUT2D eigenvalue weighted by atomic mass is 16.4. The van der Waals surface area contributed by atoms with Gasteiger partial charge in [-0.2, -0.15) is 0 Å². The van der Waals surface area contributed by atoms with Gasteiger partial charge < -0.3 is 15.9 Å². The van der Waals surface area contributed by atoms with Gasteiger partial charge in [0.15, 0.2) is 0 Å². The van der Waals surface area contributed by atoms with Gasteiger partial charge in [-0.25, -0.2) is 0 Å². The van der Waals surface area contributed by atoms with Crippen molar-refractivity contribution in [1.29, 1.82) is 0 Å². The van der Waals surface area contributed by atoms with E-state index in [-0.39, 0.29) is 0 Å². The summed E-state index contributed by atoms with van der Waals surface area (Å²) in [4.78, 5) is 10.8. The Balaban J connectivity index is 2.91. The van der Waals surface area contributed by atoms with Crippen LogP contribution in [0.1, 0.15) is 32.6 Å². The molecule has 4 heteroatoms. The third-order valence-corrected chi connectivity index (χ3v) is 2.83. The van der Waals surface area contributed by atoms with Gasteiger partial charge in [0.1, 0.15) is 5.54 Å². The first-order chi connectivity index (χ1) is 5.40. The molecule has 0 amide bonds. The first-order valence-corrected chi connectivity index (χ1v) is 4.15. The van der Waals surface area contributed by atoms with Crippen LogP contribution in [0.5, 0.6) is 0 Å². The van der Waals surface area contributed by atoms with Gasteiger partial charge in [-0.15, -0.1) is 0 Å². The van der Waals surface area contributed by atoms with Crippen molar-refractivity contribution in [2.24, 2.45) is 5.73 Å². The Morgan fingerprint density at radius 3 is 2.25 bits per heavy atom. The topological polar surface area (TPSA) is 83.5 Å². The second-order valence-corrected chi connectivity index (χ2v) is 3.76. The van der Waals surface area contributed by atoms with E-state index in [9.17, 15) is 9.90 Å². The largest absolute Gasteiger partial charge is 0.480 e. The number of carboxylic acids is 1. The van der Waals surface area contributed by atoms with Gasteiger partial charge in [0, 0.05) is 0 Å². The van der Waals surface area contributed by atoms with Crippen molar-refractivity contribution in [3.8, 4) is 0 Å². The van der Waals surface area contributed by atoms with Crippen LogP contribution in [0.4, 0.5) is 0 Å². The van der Waals surface area contributed by atoms with E-state index in [4.69, 9.17) is 10.8 Å². The lowest BCUT2D eigenvalue weighted by Crippen LogP contribution is -2.65. The zero-order chi connectivity index (χ0) is 9.41. The van der Waals surface area contributed by atoms with Crippen LogP contribution in [0.25, 0.3) is 0 Å². The van der Waals surface area contributed by atoms with Crippen LogP contribution in [-0.2, 0) is 4.79 Å². The normalized spacial score (nSPS) is 42.6. The fraction of sp³-hybridized carbons (Fsp3) is 0.875. The van der Waals surface area contributed by atoms with Crippen molar-refractivity contribution in [3.05, 3.63) is 0 Å². The monoisotopic (exact) mass is 173 g/mol. The van der Waals surface area contributed by atoms with Crippen LogP contribution in [0, 0.1) is 0 Å². The molecule has 0 heterocycles. The number of aliphatic carboxylic acids is 1. The highest BCUT2D eigenvalue weighted by Crippen LogP contribution is 2.35. The van der Waals surface area contributed by atoms with Gasteiger partial charge in [0.25, 0.3) is 0 Å². The van der Waals surface area contributed by atoms with Crippen molar-refractivity contribution in [2.45, 2.75) is 43.7 Å². The molecule has 1 rings (SSSR count). The van der Waals surface area contributed by atoms with E-state index >= 15 is 0 Å². The molecule has 12 heavy (non-hydrogen) atoms. The predicted octanol–water partition coefficient (Wildman–Crippen LogP) is 0.0935. The molecule has 1 fully saturated rings. The molecule has 0 radical (unpaired) electrons. The van der Waals surface area contributed by atoms with E-state index in [1.165, 1.54) is 6.92 Å². The minimum atomic E-state index is -1.45. The number of rotatable bonds is 1. The third-order valence-electron chi connectivity index (χ3n) is 2.83. The predicted molar refractivity (Wildman–Crippen MR) is 43.6 cm³/mol. The lowest BCUT2D eigenvalue weighted by atomic mass is 9.71. The van der Waals surface area contributed by atoms with E-state index in [2.05, 4.69) is 0 Å². The molecule has 1 aliphatic carbocycles. The van der Waals surface area contributed by atoms with Crippen molar-refractivity contribution < 1.29 is 15.0 Å². The second kappa shape index (κ2) is 2.71. The van der Waals surface area contributed by atoms with Crippen LogP contribution in [0.15, 0.2) is 0 Å². The van der Waals surface area contributed by atoms with Gasteiger partial charge in [0.2, 0.25) is 0 Å². The minimum Gasteiger partial charge on any atom is -0.480 e. The fourth-order valence-electron chi connectivity index (χ4n) is 1.70. The summed E-state index contributed by atoms with van der Waals surface area (Å²) in [5, 5.41) is 18.6. The van der Waals surface area contributed by atoms with Crippen molar-refractivity contribution in [3.63, 3.8) is 0 Å². The Morgan fingerprint density at radius 1 is 1.42 bits per heavy atom. The number of carboxylic acid groups (broad SMARTS) is 1. The molecular formula is C8H15NO3. The quantitative estimate of drug-likeness (QED) is 0.525.